The molecule has 1 saturated heterocycles. The molecule has 1 aromatic carbocycles. The number of carbonyl (C=O) groups excluding carboxylic acids is 1. The van der Waals surface area contributed by atoms with Crippen LogP contribution in [-0.4, -0.2) is 41.5 Å². The zero-order valence-electron chi connectivity index (χ0n) is 11.8. The van der Waals surface area contributed by atoms with Gasteiger partial charge in [-0.1, -0.05) is 12.1 Å². The van der Waals surface area contributed by atoms with E-state index in [4.69, 9.17) is 5.73 Å². The van der Waals surface area contributed by atoms with E-state index in [0.29, 0.717) is 19.1 Å². The summed E-state index contributed by atoms with van der Waals surface area (Å²) in [6.45, 7) is 2.22. The fraction of sp³-hybridized carbons (Fsp3) is 0.500. The molecule has 7 nitrogen and oxygen atoms in total. The highest BCUT2D eigenvalue weighted by atomic mass is 16.6. The lowest BCUT2D eigenvalue weighted by atomic mass is 10.0. The number of amides is 2. The summed E-state index contributed by atoms with van der Waals surface area (Å²) in [7, 11) is 0. The Hall–Kier alpha value is -2.15. The van der Waals surface area contributed by atoms with E-state index in [1.807, 2.05) is 0 Å². The van der Waals surface area contributed by atoms with Crippen LogP contribution in [-0.2, 0) is 6.42 Å². The Morgan fingerprint density at radius 2 is 1.95 bits per heavy atom. The van der Waals surface area contributed by atoms with Crippen LogP contribution in [0.1, 0.15) is 18.4 Å². The van der Waals surface area contributed by atoms with Gasteiger partial charge in [0.2, 0.25) is 0 Å². The molecular weight excluding hydrogens is 272 g/mol. The average molecular weight is 292 g/mol. The number of rotatable bonds is 5. The first-order valence-corrected chi connectivity index (χ1v) is 7.07. The number of nitrogens with one attached hydrogen (secondary N) is 1. The summed E-state index contributed by atoms with van der Waals surface area (Å²) in [5, 5.41) is 14.0. The Morgan fingerprint density at radius 3 is 2.48 bits per heavy atom. The van der Waals surface area contributed by atoms with Gasteiger partial charge in [0.1, 0.15) is 0 Å². The van der Waals surface area contributed by atoms with Gasteiger partial charge in [0.05, 0.1) is 4.92 Å². The number of nitrogens with two attached hydrogens (primary N) is 1. The number of nitro benzene ring substituents is 1. The van der Waals surface area contributed by atoms with Crippen LogP contribution in [0.25, 0.3) is 0 Å². The normalized spacial score (nSPS) is 15.9. The number of benzene rings is 1. The van der Waals surface area contributed by atoms with Crippen molar-refractivity contribution in [2.75, 3.05) is 19.6 Å². The zero-order valence-corrected chi connectivity index (χ0v) is 11.8. The van der Waals surface area contributed by atoms with E-state index in [-0.39, 0.29) is 11.7 Å². The number of nitro groups is 1. The SMILES string of the molecule is NC(=O)N1CCC(NCCc2ccc([N+](=O)[O-])cc2)CC1. The second-order valence-electron chi connectivity index (χ2n) is 5.23. The number of primary amides is 1. The van der Waals surface area contributed by atoms with Crippen LogP contribution in [0.4, 0.5) is 10.5 Å². The third-order valence-corrected chi connectivity index (χ3v) is 3.80. The third-order valence-electron chi connectivity index (χ3n) is 3.80. The standard InChI is InChI=1S/C14H20N4O3/c15-14(19)17-9-6-12(7-10-17)16-8-5-11-1-3-13(4-2-11)18(20)21/h1-4,12,16H,5-10H2,(H2,15,19). The van der Waals surface area contributed by atoms with Crippen molar-refractivity contribution in [3.63, 3.8) is 0 Å². The van der Waals surface area contributed by atoms with Crippen LogP contribution in [0.15, 0.2) is 24.3 Å². The second kappa shape index (κ2) is 7.03. The van der Waals surface area contributed by atoms with Crippen molar-refractivity contribution in [3.05, 3.63) is 39.9 Å². The van der Waals surface area contributed by atoms with E-state index in [0.717, 1.165) is 31.4 Å². The molecule has 1 fully saturated rings. The van der Waals surface area contributed by atoms with Gasteiger partial charge < -0.3 is 16.0 Å². The number of likely N-dealkylation sites (tertiary alicyclic amines) is 1. The van der Waals surface area contributed by atoms with Gasteiger partial charge in [0.15, 0.2) is 0 Å². The molecule has 0 bridgehead atoms. The van der Waals surface area contributed by atoms with Crippen LogP contribution in [0.3, 0.4) is 0 Å². The van der Waals surface area contributed by atoms with Gasteiger partial charge in [-0.25, -0.2) is 4.79 Å². The summed E-state index contributed by atoms with van der Waals surface area (Å²) in [6, 6.07) is 6.69. The Labute approximate surface area is 123 Å². The lowest BCUT2D eigenvalue weighted by Gasteiger charge is -2.31. The number of hydrogen-bond acceptors (Lipinski definition) is 4. The molecule has 1 aliphatic rings. The van der Waals surface area contributed by atoms with Crippen molar-refractivity contribution in [2.24, 2.45) is 5.73 Å². The van der Waals surface area contributed by atoms with Gasteiger partial charge in [-0.3, -0.25) is 10.1 Å². The fourth-order valence-electron chi connectivity index (χ4n) is 2.51. The van der Waals surface area contributed by atoms with E-state index in [1.165, 1.54) is 12.1 Å². The molecule has 1 aliphatic heterocycles. The summed E-state index contributed by atoms with van der Waals surface area (Å²) in [4.78, 5) is 22.8. The highest BCUT2D eigenvalue weighted by molar-refractivity contribution is 5.72. The van der Waals surface area contributed by atoms with Gasteiger partial charge in [0.25, 0.3) is 5.69 Å². The van der Waals surface area contributed by atoms with Gasteiger partial charge in [0, 0.05) is 31.3 Å². The predicted octanol–water partition coefficient (Wildman–Crippen LogP) is 1.27. The molecule has 0 radical (unpaired) electrons. The monoisotopic (exact) mass is 292 g/mol. The number of piperidine rings is 1. The molecule has 3 N–H and O–H groups in total. The Kier molecular flexibility index (Phi) is 5.10. The summed E-state index contributed by atoms with van der Waals surface area (Å²) < 4.78 is 0. The quantitative estimate of drug-likeness (QED) is 0.630. The van der Waals surface area contributed by atoms with Crippen molar-refractivity contribution in [3.8, 4) is 0 Å². The minimum atomic E-state index is -0.394. The highest BCUT2D eigenvalue weighted by Gasteiger charge is 2.20. The van der Waals surface area contributed by atoms with Crippen molar-refractivity contribution in [1.82, 2.24) is 10.2 Å². The van der Waals surface area contributed by atoms with Crippen molar-refractivity contribution >= 4 is 11.7 Å². The summed E-state index contributed by atoms with van der Waals surface area (Å²) in [5.74, 6) is 0. The number of hydrogen-bond donors (Lipinski definition) is 2. The fourth-order valence-corrected chi connectivity index (χ4v) is 2.51. The highest BCUT2D eigenvalue weighted by Crippen LogP contribution is 2.13. The van der Waals surface area contributed by atoms with Gasteiger partial charge in [-0.05, 0) is 31.4 Å². The Morgan fingerprint density at radius 1 is 1.33 bits per heavy atom. The van der Waals surface area contributed by atoms with E-state index in [1.54, 1.807) is 17.0 Å². The maximum absolute atomic E-state index is 11.0. The van der Waals surface area contributed by atoms with E-state index >= 15 is 0 Å². The molecule has 2 rings (SSSR count). The predicted molar refractivity (Wildman–Crippen MR) is 79.0 cm³/mol. The van der Waals surface area contributed by atoms with Crippen LogP contribution in [0, 0.1) is 10.1 Å². The van der Waals surface area contributed by atoms with Gasteiger partial charge >= 0.3 is 6.03 Å². The lowest BCUT2D eigenvalue weighted by molar-refractivity contribution is -0.384. The largest absolute Gasteiger partial charge is 0.351 e. The van der Waals surface area contributed by atoms with E-state index < -0.39 is 4.92 Å². The summed E-state index contributed by atoms with van der Waals surface area (Å²) in [5.41, 5.74) is 6.43. The lowest BCUT2D eigenvalue weighted by Crippen LogP contribution is -2.47. The molecule has 2 amide bonds. The van der Waals surface area contributed by atoms with Crippen LogP contribution in [0.2, 0.25) is 0 Å². The molecule has 0 atom stereocenters. The minimum Gasteiger partial charge on any atom is -0.351 e. The summed E-state index contributed by atoms with van der Waals surface area (Å²) in [6.07, 6.45) is 2.64. The molecule has 0 saturated carbocycles. The molecule has 0 spiro atoms. The number of carbonyl (C=O) groups is 1. The van der Waals surface area contributed by atoms with Gasteiger partial charge in [-0.2, -0.15) is 0 Å². The van der Waals surface area contributed by atoms with Crippen LogP contribution in [0.5, 0.6) is 0 Å². The topological polar surface area (TPSA) is 102 Å². The smallest absolute Gasteiger partial charge is 0.314 e. The number of non-ortho nitro benzene ring substituents is 1. The van der Waals surface area contributed by atoms with Crippen LogP contribution < -0.4 is 11.1 Å². The van der Waals surface area contributed by atoms with Gasteiger partial charge in [-0.15, -0.1) is 0 Å². The number of urea groups is 1. The van der Waals surface area contributed by atoms with Crippen molar-refractivity contribution in [1.29, 1.82) is 0 Å². The van der Waals surface area contributed by atoms with Crippen molar-refractivity contribution in [2.45, 2.75) is 25.3 Å². The molecule has 0 aromatic heterocycles. The average Bonchev–Trinajstić information content (AvgIpc) is 2.48. The first-order chi connectivity index (χ1) is 10.1. The molecule has 21 heavy (non-hydrogen) atoms. The maximum Gasteiger partial charge on any atom is 0.314 e. The molecule has 0 unspecified atom stereocenters. The first-order valence-electron chi connectivity index (χ1n) is 7.07. The molecule has 7 heteroatoms. The zero-order chi connectivity index (χ0) is 15.2. The van der Waals surface area contributed by atoms with E-state index in [9.17, 15) is 14.9 Å². The Balaban J connectivity index is 1.70. The van der Waals surface area contributed by atoms with E-state index in [2.05, 4.69) is 5.32 Å². The minimum absolute atomic E-state index is 0.116. The molecular formula is C14H20N4O3. The summed E-state index contributed by atoms with van der Waals surface area (Å²) >= 11 is 0. The molecule has 1 heterocycles. The molecule has 1 aromatic rings. The third kappa shape index (κ3) is 4.42. The number of nitrogens with zero attached hydrogens (tertiary/aromatic N) is 2. The first kappa shape index (κ1) is 15.2. The maximum atomic E-state index is 11.0. The Bertz CT molecular complexity index is 495. The second-order valence-corrected chi connectivity index (χ2v) is 5.23. The molecule has 114 valence electrons. The van der Waals surface area contributed by atoms with Crippen molar-refractivity contribution < 1.29 is 9.72 Å². The van der Waals surface area contributed by atoms with Crippen LogP contribution >= 0.6 is 0 Å². The molecule has 0 aliphatic carbocycles.